The molecule has 0 aliphatic heterocycles. The lowest BCUT2D eigenvalue weighted by Gasteiger charge is -2.05. The summed E-state index contributed by atoms with van der Waals surface area (Å²) < 4.78 is 0. The highest BCUT2D eigenvalue weighted by Gasteiger charge is 2.07. The second-order valence-electron chi connectivity index (χ2n) is 4.33. The minimum Gasteiger partial charge on any atom is -0.383 e. The van der Waals surface area contributed by atoms with Crippen LogP contribution in [-0.2, 0) is 12.2 Å². The van der Waals surface area contributed by atoms with Crippen molar-refractivity contribution < 1.29 is 0 Å². The Kier molecular flexibility index (Phi) is 4.27. The first-order chi connectivity index (χ1) is 9.10. The fraction of sp³-hybridized carbons (Fsp3) is 0.286. The van der Waals surface area contributed by atoms with E-state index < -0.39 is 0 Å². The number of hydrogen-bond donors (Lipinski definition) is 2. The molecular formula is C14H17N3OS. The summed E-state index contributed by atoms with van der Waals surface area (Å²) in [6, 6.07) is 8.24. The van der Waals surface area contributed by atoms with E-state index in [1.165, 1.54) is 5.56 Å². The summed E-state index contributed by atoms with van der Waals surface area (Å²) in [5.41, 5.74) is 7.44. The highest BCUT2D eigenvalue weighted by Crippen LogP contribution is 2.21. The molecule has 1 heterocycles. The van der Waals surface area contributed by atoms with Crippen molar-refractivity contribution in [2.75, 3.05) is 5.73 Å². The van der Waals surface area contributed by atoms with Gasteiger partial charge in [0.15, 0.2) is 0 Å². The molecule has 4 nitrogen and oxygen atoms in total. The summed E-state index contributed by atoms with van der Waals surface area (Å²) in [5, 5.41) is 0. The molecule has 1 aromatic heterocycles. The summed E-state index contributed by atoms with van der Waals surface area (Å²) in [5.74, 6) is 1.56. The van der Waals surface area contributed by atoms with Crippen molar-refractivity contribution in [3.8, 4) is 0 Å². The average molecular weight is 275 g/mol. The largest absolute Gasteiger partial charge is 0.383 e. The smallest absolute Gasteiger partial charge is 0.256 e. The van der Waals surface area contributed by atoms with E-state index in [-0.39, 0.29) is 5.56 Å². The van der Waals surface area contributed by atoms with Gasteiger partial charge in [0.1, 0.15) is 11.6 Å². The maximum Gasteiger partial charge on any atom is 0.256 e. The number of aromatic nitrogens is 2. The van der Waals surface area contributed by atoms with Gasteiger partial charge in [-0.2, -0.15) is 0 Å². The molecule has 0 spiro atoms. The number of rotatable bonds is 4. The van der Waals surface area contributed by atoms with Gasteiger partial charge >= 0.3 is 0 Å². The zero-order chi connectivity index (χ0) is 13.8. The zero-order valence-corrected chi connectivity index (χ0v) is 11.9. The van der Waals surface area contributed by atoms with Crippen LogP contribution in [0.5, 0.6) is 0 Å². The predicted molar refractivity (Wildman–Crippen MR) is 79.4 cm³/mol. The third-order valence-electron chi connectivity index (χ3n) is 2.85. The van der Waals surface area contributed by atoms with Crippen molar-refractivity contribution in [3.05, 3.63) is 51.6 Å². The molecule has 5 heteroatoms. The van der Waals surface area contributed by atoms with Crippen LogP contribution in [0.3, 0.4) is 0 Å². The molecule has 0 aliphatic carbocycles. The van der Waals surface area contributed by atoms with E-state index in [4.69, 9.17) is 5.73 Å². The van der Waals surface area contributed by atoms with E-state index in [0.717, 1.165) is 4.90 Å². The molecule has 0 saturated heterocycles. The van der Waals surface area contributed by atoms with Gasteiger partial charge in [-0.1, -0.05) is 24.6 Å². The summed E-state index contributed by atoms with van der Waals surface area (Å²) in [7, 11) is 0. The van der Waals surface area contributed by atoms with Crippen molar-refractivity contribution in [3.63, 3.8) is 0 Å². The molecular weight excluding hydrogens is 258 g/mol. The second-order valence-corrected chi connectivity index (χ2v) is 5.38. The number of aryl methyl sites for hydroxylation is 1. The Morgan fingerprint density at radius 3 is 2.58 bits per heavy atom. The Morgan fingerprint density at radius 1 is 1.32 bits per heavy atom. The van der Waals surface area contributed by atoms with E-state index in [0.29, 0.717) is 29.4 Å². The molecule has 0 saturated carbocycles. The molecule has 2 rings (SSSR count). The van der Waals surface area contributed by atoms with Crippen LogP contribution in [0.1, 0.15) is 23.9 Å². The van der Waals surface area contributed by atoms with Crippen molar-refractivity contribution in [2.45, 2.75) is 30.9 Å². The monoisotopic (exact) mass is 275 g/mol. The van der Waals surface area contributed by atoms with E-state index in [1.54, 1.807) is 11.8 Å². The standard InChI is InChI=1S/C14H17N3OS/c1-3-11-13(15)16-12(17-14(11)18)8-19-10-6-4-9(2)5-7-10/h4-7H,3,8H2,1-2H3,(H3,15,16,17,18). The van der Waals surface area contributed by atoms with Gasteiger partial charge in [0.25, 0.3) is 5.56 Å². The van der Waals surface area contributed by atoms with E-state index in [1.807, 2.05) is 6.92 Å². The van der Waals surface area contributed by atoms with Crippen LogP contribution in [0, 0.1) is 6.92 Å². The Bertz CT molecular complexity index is 620. The van der Waals surface area contributed by atoms with Crippen LogP contribution >= 0.6 is 11.8 Å². The van der Waals surface area contributed by atoms with E-state index in [2.05, 4.69) is 41.2 Å². The number of aromatic amines is 1. The average Bonchev–Trinajstić information content (AvgIpc) is 2.38. The molecule has 0 bridgehead atoms. The molecule has 2 aromatic rings. The van der Waals surface area contributed by atoms with Gasteiger partial charge < -0.3 is 10.7 Å². The Labute approximate surface area is 116 Å². The molecule has 0 amide bonds. The molecule has 100 valence electrons. The quantitative estimate of drug-likeness (QED) is 0.841. The van der Waals surface area contributed by atoms with Crippen LogP contribution in [0.2, 0.25) is 0 Å². The zero-order valence-electron chi connectivity index (χ0n) is 11.1. The normalized spacial score (nSPS) is 10.6. The van der Waals surface area contributed by atoms with Gasteiger partial charge in [-0.05, 0) is 25.5 Å². The highest BCUT2D eigenvalue weighted by molar-refractivity contribution is 7.98. The van der Waals surface area contributed by atoms with Crippen molar-refractivity contribution in [2.24, 2.45) is 0 Å². The van der Waals surface area contributed by atoms with Crippen LogP contribution < -0.4 is 11.3 Å². The minimum atomic E-state index is -0.130. The molecule has 0 unspecified atom stereocenters. The molecule has 1 aromatic carbocycles. The van der Waals surface area contributed by atoms with Gasteiger partial charge in [-0.15, -0.1) is 11.8 Å². The number of anilines is 1. The fourth-order valence-corrected chi connectivity index (χ4v) is 2.53. The van der Waals surface area contributed by atoms with E-state index in [9.17, 15) is 4.79 Å². The van der Waals surface area contributed by atoms with Crippen LogP contribution in [0.4, 0.5) is 5.82 Å². The lowest BCUT2D eigenvalue weighted by atomic mass is 10.2. The van der Waals surface area contributed by atoms with Crippen LogP contribution in [0.15, 0.2) is 34.0 Å². The molecule has 0 fully saturated rings. The molecule has 3 N–H and O–H groups in total. The van der Waals surface area contributed by atoms with Gasteiger partial charge in [-0.25, -0.2) is 4.98 Å². The van der Waals surface area contributed by atoms with Crippen molar-refractivity contribution in [1.29, 1.82) is 0 Å². The van der Waals surface area contributed by atoms with Crippen LogP contribution in [-0.4, -0.2) is 9.97 Å². The summed E-state index contributed by atoms with van der Waals surface area (Å²) in [4.78, 5) is 19.9. The first kappa shape index (κ1) is 13.7. The number of nitrogens with two attached hydrogens (primary N) is 1. The van der Waals surface area contributed by atoms with Crippen molar-refractivity contribution in [1.82, 2.24) is 9.97 Å². The molecule has 0 radical (unpaired) electrons. The number of nitrogens with one attached hydrogen (secondary N) is 1. The number of hydrogen-bond acceptors (Lipinski definition) is 4. The van der Waals surface area contributed by atoms with Gasteiger partial charge in [-0.3, -0.25) is 4.79 Å². The van der Waals surface area contributed by atoms with Gasteiger partial charge in [0, 0.05) is 4.90 Å². The molecule has 0 aliphatic rings. The van der Waals surface area contributed by atoms with Crippen LogP contribution in [0.25, 0.3) is 0 Å². The first-order valence-corrected chi connectivity index (χ1v) is 7.15. The number of benzene rings is 1. The minimum absolute atomic E-state index is 0.130. The number of thioether (sulfide) groups is 1. The maximum atomic E-state index is 11.8. The molecule has 19 heavy (non-hydrogen) atoms. The Balaban J connectivity index is 2.12. The Hall–Kier alpha value is -1.75. The SMILES string of the molecule is CCc1c(N)nc(CSc2ccc(C)cc2)[nH]c1=O. The fourth-order valence-electron chi connectivity index (χ4n) is 1.76. The Morgan fingerprint density at radius 2 is 2.00 bits per heavy atom. The predicted octanol–water partition coefficient (Wildman–Crippen LogP) is 2.52. The highest BCUT2D eigenvalue weighted by atomic mass is 32.2. The summed E-state index contributed by atoms with van der Waals surface area (Å²) >= 11 is 1.62. The lowest BCUT2D eigenvalue weighted by molar-refractivity contribution is 0.953. The van der Waals surface area contributed by atoms with E-state index >= 15 is 0 Å². The first-order valence-electron chi connectivity index (χ1n) is 6.17. The lowest BCUT2D eigenvalue weighted by Crippen LogP contribution is -2.18. The maximum absolute atomic E-state index is 11.8. The van der Waals surface area contributed by atoms with Gasteiger partial charge in [0.2, 0.25) is 0 Å². The third kappa shape index (κ3) is 3.38. The third-order valence-corrected chi connectivity index (χ3v) is 3.87. The molecule has 0 atom stereocenters. The number of nitrogen functional groups attached to an aromatic ring is 1. The summed E-state index contributed by atoms with van der Waals surface area (Å²) in [6.07, 6.45) is 0.597. The number of nitrogens with zero attached hydrogens (tertiary/aromatic N) is 1. The topological polar surface area (TPSA) is 71.8 Å². The van der Waals surface area contributed by atoms with Gasteiger partial charge in [0.05, 0.1) is 11.3 Å². The second kappa shape index (κ2) is 5.93. The summed E-state index contributed by atoms with van der Waals surface area (Å²) in [6.45, 7) is 3.95. The van der Waals surface area contributed by atoms with Crippen molar-refractivity contribution >= 4 is 17.6 Å². The number of H-pyrrole nitrogens is 1.